The van der Waals surface area contributed by atoms with Crippen LogP contribution in [0.2, 0.25) is 0 Å². The lowest BCUT2D eigenvalue weighted by Crippen LogP contribution is -2.47. The zero-order valence-electron chi connectivity index (χ0n) is 24.9. The van der Waals surface area contributed by atoms with E-state index < -0.39 is 23.5 Å². The van der Waals surface area contributed by atoms with Gasteiger partial charge in [0.05, 0.1) is 12.6 Å². The molecule has 0 radical (unpaired) electrons. The highest BCUT2D eigenvalue weighted by molar-refractivity contribution is 5.96. The Kier molecular flexibility index (Phi) is 9.02. The molecular weight excluding hydrogens is 534 g/mol. The predicted molar refractivity (Wildman–Crippen MR) is 157 cm³/mol. The van der Waals surface area contributed by atoms with Gasteiger partial charge in [0, 0.05) is 51.9 Å². The number of fused-ring (bicyclic) bond motifs is 2. The number of carboxylic acid groups (broad SMARTS) is 1. The number of carboxylic acids is 1. The maximum atomic E-state index is 13.5. The van der Waals surface area contributed by atoms with Gasteiger partial charge in [-0.3, -0.25) is 19.2 Å². The van der Waals surface area contributed by atoms with E-state index in [0.717, 1.165) is 17.5 Å². The van der Waals surface area contributed by atoms with Crippen LogP contribution in [0.25, 0.3) is 0 Å². The topological polar surface area (TPSA) is 134 Å². The Morgan fingerprint density at radius 3 is 1.98 bits per heavy atom. The quantitative estimate of drug-likeness (QED) is 0.496. The number of likely N-dealkylation sites (tertiary alicyclic amines) is 1. The molecule has 2 atom stereocenters. The molecule has 0 spiro atoms. The fourth-order valence-electron chi connectivity index (χ4n) is 6.26. The fraction of sp³-hybridized carbons (Fsp3) is 0.469. The first-order valence-electron chi connectivity index (χ1n) is 14.3. The van der Waals surface area contributed by atoms with Crippen LogP contribution in [0.15, 0.2) is 36.4 Å². The maximum absolute atomic E-state index is 13.5. The number of carbonyl (C=O) groups is 4. The van der Waals surface area contributed by atoms with Gasteiger partial charge in [-0.1, -0.05) is 12.1 Å². The van der Waals surface area contributed by atoms with Crippen molar-refractivity contribution in [3.05, 3.63) is 69.8 Å². The molecule has 1 heterocycles. The number of nitrogens with one attached hydrogen (secondary N) is 1. The van der Waals surface area contributed by atoms with Gasteiger partial charge in [0.2, 0.25) is 5.91 Å². The summed E-state index contributed by atoms with van der Waals surface area (Å²) in [6.45, 7) is 2.37. The highest BCUT2D eigenvalue weighted by Crippen LogP contribution is 2.44. The van der Waals surface area contributed by atoms with Gasteiger partial charge in [0.25, 0.3) is 11.8 Å². The van der Waals surface area contributed by atoms with E-state index in [1.54, 1.807) is 69.5 Å². The average molecular weight is 574 g/mol. The van der Waals surface area contributed by atoms with E-state index in [9.17, 15) is 29.5 Å². The van der Waals surface area contributed by atoms with E-state index in [0.29, 0.717) is 48.1 Å². The lowest BCUT2D eigenvalue weighted by molar-refractivity contribution is -0.142. The molecule has 3 amide bonds. The number of benzene rings is 2. The molecule has 0 bridgehead atoms. The van der Waals surface area contributed by atoms with E-state index >= 15 is 0 Å². The number of carbonyl (C=O) groups excluding carboxylic acids is 3. The van der Waals surface area contributed by atoms with Crippen LogP contribution < -0.4 is 5.32 Å². The zero-order valence-corrected chi connectivity index (χ0v) is 24.9. The summed E-state index contributed by atoms with van der Waals surface area (Å²) in [5.74, 6) is -1.58. The van der Waals surface area contributed by atoms with Gasteiger partial charge < -0.3 is 25.1 Å². The van der Waals surface area contributed by atoms with E-state index in [4.69, 9.17) is 0 Å². The van der Waals surface area contributed by atoms with Crippen molar-refractivity contribution in [3.8, 4) is 6.07 Å². The molecule has 42 heavy (non-hydrogen) atoms. The second kappa shape index (κ2) is 12.3. The van der Waals surface area contributed by atoms with Crippen LogP contribution in [0.4, 0.5) is 0 Å². The van der Waals surface area contributed by atoms with Crippen LogP contribution >= 0.6 is 0 Å². The van der Waals surface area contributed by atoms with Crippen LogP contribution in [0.3, 0.4) is 0 Å². The molecule has 0 saturated carbocycles. The highest BCUT2D eigenvalue weighted by Gasteiger charge is 2.47. The number of nitrogens with zero attached hydrogens (tertiary/aromatic N) is 4. The summed E-state index contributed by atoms with van der Waals surface area (Å²) in [6, 6.07) is 11.7. The molecule has 10 heteroatoms. The Labute approximate surface area is 246 Å². The van der Waals surface area contributed by atoms with Gasteiger partial charge in [0.15, 0.2) is 0 Å². The number of hydrogen-bond acceptors (Lipinski definition) is 6. The van der Waals surface area contributed by atoms with Crippen molar-refractivity contribution in [2.24, 2.45) is 0 Å². The monoisotopic (exact) mass is 573 g/mol. The molecule has 222 valence electrons. The van der Waals surface area contributed by atoms with Crippen molar-refractivity contribution < 1.29 is 24.3 Å². The maximum Gasteiger partial charge on any atom is 0.318 e. The molecule has 1 saturated heterocycles. The van der Waals surface area contributed by atoms with Gasteiger partial charge in [-0.2, -0.15) is 5.26 Å². The third-order valence-corrected chi connectivity index (χ3v) is 8.40. The third kappa shape index (κ3) is 5.74. The number of amides is 3. The van der Waals surface area contributed by atoms with E-state index in [1.807, 2.05) is 6.92 Å². The molecule has 2 N–H and O–H groups in total. The summed E-state index contributed by atoms with van der Waals surface area (Å²) >= 11 is 0. The van der Waals surface area contributed by atoms with E-state index in [2.05, 4.69) is 11.4 Å². The van der Waals surface area contributed by atoms with Crippen molar-refractivity contribution in [2.45, 2.75) is 56.5 Å². The zero-order chi connectivity index (χ0) is 30.8. The predicted octanol–water partition coefficient (Wildman–Crippen LogP) is 2.44. The summed E-state index contributed by atoms with van der Waals surface area (Å²) in [4.78, 5) is 56.5. The molecule has 1 aliphatic carbocycles. The summed E-state index contributed by atoms with van der Waals surface area (Å²) in [5, 5.41) is 23.6. The lowest BCUT2D eigenvalue weighted by Gasteiger charge is -2.35. The minimum Gasteiger partial charge on any atom is -0.480 e. The van der Waals surface area contributed by atoms with Crippen LogP contribution in [-0.2, 0) is 27.8 Å². The first-order valence-corrected chi connectivity index (χ1v) is 14.3. The summed E-state index contributed by atoms with van der Waals surface area (Å²) in [7, 11) is 6.68. The van der Waals surface area contributed by atoms with Crippen LogP contribution in [0.5, 0.6) is 0 Å². The molecule has 0 unspecified atom stereocenters. The molecular formula is C32H39N5O5. The first-order chi connectivity index (χ1) is 19.9. The molecule has 10 nitrogen and oxygen atoms in total. The molecule has 2 aromatic carbocycles. The van der Waals surface area contributed by atoms with E-state index in [-0.39, 0.29) is 30.7 Å². The SMILES string of the molecule is C[C@H](CC1(C(=O)O)c2ccc(C(=O)N(C)C)cc2CCc2cc(C(=O)N(C)C)ccc21)NCC(=O)N1CCC[C@H]1C#N. The van der Waals surface area contributed by atoms with Gasteiger partial charge in [-0.25, -0.2) is 0 Å². The molecule has 2 aliphatic rings. The molecule has 1 fully saturated rings. The summed E-state index contributed by atoms with van der Waals surface area (Å²) in [6.07, 6.45) is 2.56. The molecule has 4 rings (SSSR count). The minimum atomic E-state index is -1.50. The summed E-state index contributed by atoms with van der Waals surface area (Å²) < 4.78 is 0. The Bertz CT molecular complexity index is 1370. The average Bonchev–Trinajstić information content (AvgIpc) is 3.40. The van der Waals surface area contributed by atoms with E-state index in [1.165, 1.54) is 9.80 Å². The van der Waals surface area contributed by atoms with Crippen molar-refractivity contribution in [3.63, 3.8) is 0 Å². The van der Waals surface area contributed by atoms with Gasteiger partial charge in [-0.05, 0) is 85.5 Å². The van der Waals surface area contributed by atoms with Crippen molar-refractivity contribution in [1.29, 1.82) is 5.26 Å². The Hall–Kier alpha value is -4.23. The third-order valence-electron chi connectivity index (χ3n) is 8.40. The van der Waals surface area contributed by atoms with Crippen LogP contribution in [0, 0.1) is 11.3 Å². The normalized spacial score (nSPS) is 17.7. The van der Waals surface area contributed by atoms with Crippen molar-refractivity contribution in [2.75, 3.05) is 41.3 Å². The Balaban J connectivity index is 1.77. The largest absolute Gasteiger partial charge is 0.480 e. The number of aliphatic carboxylic acids is 1. The number of hydrogen-bond donors (Lipinski definition) is 2. The first kappa shape index (κ1) is 30.7. The number of aryl methyl sites for hydroxylation is 2. The standard InChI is InChI=1S/C32H39N5O5/c1-20(34-19-28(38)37-14-6-7-25(37)18-33)17-32(31(41)42)26-12-10-23(29(39)35(2)3)15-21(26)8-9-22-16-24(11-13-27(22)32)30(40)36(4)5/h10-13,15-16,20,25,34H,6-9,14,17,19H2,1-5H3,(H,41,42)/t20-,25+/m1/s1. The van der Waals surface area contributed by atoms with Gasteiger partial charge in [-0.15, -0.1) is 0 Å². The summed E-state index contributed by atoms with van der Waals surface area (Å²) in [5.41, 5.74) is 2.17. The minimum absolute atomic E-state index is 0.0126. The number of rotatable bonds is 8. The molecule has 2 aromatic rings. The molecule has 0 aromatic heterocycles. The number of nitriles is 1. The van der Waals surface area contributed by atoms with Crippen molar-refractivity contribution in [1.82, 2.24) is 20.0 Å². The van der Waals surface area contributed by atoms with Crippen LogP contribution in [-0.4, -0.2) is 96.9 Å². The van der Waals surface area contributed by atoms with Crippen LogP contribution in [0.1, 0.15) is 69.2 Å². The van der Waals surface area contributed by atoms with Gasteiger partial charge >= 0.3 is 5.97 Å². The van der Waals surface area contributed by atoms with Gasteiger partial charge in [0.1, 0.15) is 11.5 Å². The lowest BCUT2D eigenvalue weighted by atomic mass is 9.68. The fourth-order valence-corrected chi connectivity index (χ4v) is 6.26. The molecule has 1 aliphatic heterocycles. The smallest absolute Gasteiger partial charge is 0.318 e. The Morgan fingerprint density at radius 2 is 1.52 bits per heavy atom. The Morgan fingerprint density at radius 1 is 1.00 bits per heavy atom. The van der Waals surface area contributed by atoms with Crippen molar-refractivity contribution >= 4 is 23.7 Å². The second-order valence-electron chi connectivity index (χ2n) is 11.7. The second-order valence-corrected chi connectivity index (χ2v) is 11.7. The highest BCUT2D eigenvalue weighted by atomic mass is 16.4.